The van der Waals surface area contributed by atoms with E-state index in [0.717, 1.165) is 5.01 Å². The van der Waals surface area contributed by atoms with Crippen LogP contribution >= 0.6 is 0 Å². The van der Waals surface area contributed by atoms with E-state index in [1.807, 2.05) is 0 Å². The van der Waals surface area contributed by atoms with Crippen LogP contribution in [0.5, 0.6) is 0 Å². The average Bonchev–Trinajstić information content (AvgIpc) is 3.19. The van der Waals surface area contributed by atoms with Crippen LogP contribution in [0.3, 0.4) is 0 Å². The Kier molecular flexibility index (Phi) is 33.9. The first kappa shape index (κ1) is 53.0. The van der Waals surface area contributed by atoms with E-state index in [4.69, 9.17) is 45.7 Å². The van der Waals surface area contributed by atoms with Crippen LogP contribution in [0.25, 0.3) is 0 Å². The number of hydrogen-bond acceptors (Lipinski definition) is 15. The summed E-state index contributed by atoms with van der Waals surface area (Å²) in [4.78, 5) is 70.9. The number of hydrazine groups is 1. The summed E-state index contributed by atoms with van der Waals surface area (Å²) in [6.07, 6.45) is 3.29. The van der Waals surface area contributed by atoms with Gasteiger partial charge in [0.15, 0.2) is 0 Å². The number of amides is 6. The van der Waals surface area contributed by atoms with Crippen LogP contribution in [-0.4, -0.2) is 165 Å². The largest absolute Gasteiger partial charge is 0.377 e. The van der Waals surface area contributed by atoms with Crippen LogP contribution in [0, 0.1) is 0 Å². The van der Waals surface area contributed by atoms with Crippen LogP contribution in [0.2, 0.25) is 0 Å². The molecule has 21 nitrogen and oxygen atoms in total. The van der Waals surface area contributed by atoms with Crippen molar-refractivity contribution in [2.24, 2.45) is 17.3 Å². The molecule has 0 aromatic heterocycles. The summed E-state index contributed by atoms with van der Waals surface area (Å²) in [5.74, 6) is 4.39. The molecule has 57 heavy (non-hydrogen) atoms. The van der Waals surface area contributed by atoms with E-state index in [9.17, 15) is 28.8 Å². The van der Waals surface area contributed by atoms with Crippen LogP contribution in [0.15, 0.2) is 12.3 Å². The first-order valence-corrected chi connectivity index (χ1v) is 19.5. The molecular formula is C36H69N9O12. The van der Waals surface area contributed by atoms with Crippen molar-refractivity contribution >= 4 is 35.4 Å². The molecule has 0 aromatic rings. The second-order valence-corrected chi connectivity index (χ2v) is 12.6. The molecule has 0 aliphatic rings. The number of nitrogens with two attached hydrogens (primary N) is 3. The van der Waals surface area contributed by atoms with Gasteiger partial charge in [-0.3, -0.25) is 33.8 Å². The summed E-state index contributed by atoms with van der Waals surface area (Å²) in [5, 5.41) is 15.0. The van der Waals surface area contributed by atoms with Crippen molar-refractivity contribution in [1.82, 2.24) is 31.6 Å². The van der Waals surface area contributed by atoms with Crippen molar-refractivity contribution in [3.8, 4) is 0 Å². The third-order valence-corrected chi connectivity index (χ3v) is 7.70. The minimum atomic E-state index is -0.779. The highest BCUT2D eigenvalue weighted by Crippen LogP contribution is 2.04. The predicted molar refractivity (Wildman–Crippen MR) is 210 cm³/mol. The third-order valence-electron chi connectivity index (χ3n) is 7.70. The van der Waals surface area contributed by atoms with E-state index in [2.05, 4.69) is 33.2 Å². The number of hydrogen-bond donors (Lipinski definition) is 8. The van der Waals surface area contributed by atoms with Gasteiger partial charge in [0, 0.05) is 44.7 Å². The normalized spacial score (nSPS) is 11.9. The molecule has 0 spiro atoms. The molecule has 11 N–H and O–H groups in total. The Morgan fingerprint density at radius 3 is 1.54 bits per heavy atom. The van der Waals surface area contributed by atoms with Gasteiger partial charge in [-0.05, 0) is 32.1 Å². The Balaban J connectivity index is 4.56. The van der Waals surface area contributed by atoms with Gasteiger partial charge in [0.25, 0.3) is 5.91 Å². The maximum absolute atomic E-state index is 13.3. The van der Waals surface area contributed by atoms with Crippen molar-refractivity contribution in [1.29, 1.82) is 0 Å². The number of nitrogens with zero attached hydrogens (tertiary/aromatic N) is 1. The van der Waals surface area contributed by atoms with Crippen LogP contribution in [-0.2, 0) is 57.2 Å². The van der Waals surface area contributed by atoms with Gasteiger partial charge in [-0.25, -0.2) is 5.84 Å². The lowest BCUT2D eigenvalue weighted by molar-refractivity contribution is -0.135. The molecule has 0 unspecified atom stereocenters. The molecule has 0 saturated carbocycles. The molecule has 0 aliphatic heterocycles. The Morgan fingerprint density at radius 2 is 1.04 bits per heavy atom. The standard InChI is InChI=1S/C36H69N9O12/c1-4-31(46)42-13-16-52-19-22-55-25-28(3)44-30(10-8-12-41-34(49)27-56-23-20-53-17-14-43-32(47)5-2)36(51)45(39)15-18-54-21-24-57-26-33(48)40-11-7-6-9-29(37)35(38)50/h29-30,44H,3-27,37,39H2,1-2H3,(H2,38,50)(H,40,48)(H,41,49)(H,42,46)(H,43,47)/t29-,30-/m0/s1. The highest BCUT2D eigenvalue weighted by atomic mass is 16.5. The molecule has 0 radical (unpaired) electrons. The highest BCUT2D eigenvalue weighted by molar-refractivity contribution is 5.82. The summed E-state index contributed by atoms with van der Waals surface area (Å²) in [6.45, 7) is 11.0. The fourth-order valence-corrected chi connectivity index (χ4v) is 4.47. The van der Waals surface area contributed by atoms with Crippen molar-refractivity contribution < 1.29 is 57.2 Å². The Hall–Kier alpha value is -3.96. The van der Waals surface area contributed by atoms with E-state index in [1.54, 1.807) is 13.8 Å². The summed E-state index contributed by atoms with van der Waals surface area (Å²) < 4.78 is 32.6. The molecule has 330 valence electrons. The average molecular weight is 820 g/mol. The van der Waals surface area contributed by atoms with E-state index in [0.29, 0.717) is 90.1 Å². The fourth-order valence-electron chi connectivity index (χ4n) is 4.47. The van der Waals surface area contributed by atoms with Gasteiger partial charge in [0.2, 0.25) is 29.5 Å². The quantitative estimate of drug-likeness (QED) is 0.0136. The van der Waals surface area contributed by atoms with Gasteiger partial charge in [-0.2, -0.15) is 0 Å². The summed E-state index contributed by atoms with van der Waals surface area (Å²) in [5.41, 5.74) is 11.1. The molecule has 21 heteroatoms. The van der Waals surface area contributed by atoms with E-state index < -0.39 is 23.9 Å². The lowest BCUT2D eigenvalue weighted by Gasteiger charge is -2.26. The second-order valence-electron chi connectivity index (χ2n) is 12.6. The second kappa shape index (κ2) is 36.4. The third kappa shape index (κ3) is 32.8. The number of carbonyl (C=O) groups is 6. The van der Waals surface area contributed by atoms with Gasteiger partial charge < -0.3 is 66.5 Å². The van der Waals surface area contributed by atoms with Crippen LogP contribution < -0.4 is 43.9 Å². The minimum Gasteiger partial charge on any atom is -0.377 e. The first-order chi connectivity index (χ1) is 27.4. The number of unbranched alkanes of at least 4 members (excludes halogenated alkanes) is 1. The van der Waals surface area contributed by atoms with Crippen LogP contribution in [0.4, 0.5) is 0 Å². The Bertz CT molecular complexity index is 1150. The predicted octanol–water partition coefficient (Wildman–Crippen LogP) is -2.69. The first-order valence-electron chi connectivity index (χ1n) is 19.5. The molecule has 0 heterocycles. The molecule has 0 aromatic carbocycles. The Morgan fingerprint density at radius 1 is 0.579 bits per heavy atom. The van der Waals surface area contributed by atoms with Crippen molar-refractivity contribution in [2.75, 3.05) is 112 Å². The van der Waals surface area contributed by atoms with Crippen LogP contribution in [0.1, 0.15) is 58.8 Å². The molecule has 0 saturated heterocycles. The topological polar surface area (TPSA) is 299 Å². The van der Waals surface area contributed by atoms with Gasteiger partial charge in [0.1, 0.15) is 19.3 Å². The number of carbonyl (C=O) groups excluding carboxylic acids is 6. The van der Waals surface area contributed by atoms with Crippen molar-refractivity contribution in [3.63, 3.8) is 0 Å². The molecule has 0 rings (SSSR count). The smallest absolute Gasteiger partial charge is 0.259 e. The number of nitrogens with one attached hydrogen (secondary N) is 5. The number of primary amides is 1. The zero-order valence-electron chi connectivity index (χ0n) is 33.9. The summed E-state index contributed by atoms with van der Waals surface area (Å²) >= 11 is 0. The number of ether oxygens (including phenoxy) is 6. The minimum absolute atomic E-state index is 0.0508. The monoisotopic (exact) mass is 820 g/mol. The maximum atomic E-state index is 13.3. The van der Waals surface area contributed by atoms with Gasteiger partial charge in [-0.15, -0.1) is 0 Å². The molecule has 0 bridgehead atoms. The zero-order valence-corrected chi connectivity index (χ0v) is 33.9. The SMILES string of the molecule is C=C(COCCOCCNC(=O)CC)N[C@@H](CCCNC(=O)COCCOCCNC(=O)CC)C(=O)N(N)CCOCCOCC(=O)NCCCC[C@H](N)C(N)=O. The lowest BCUT2D eigenvalue weighted by atomic mass is 10.1. The summed E-state index contributed by atoms with van der Waals surface area (Å²) in [6, 6.07) is -1.47. The van der Waals surface area contributed by atoms with Crippen molar-refractivity contribution in [3.05, 3.63) is 12.3 Å². The van der Waals surface area contributed by atoms with E-state index in [-0.39, 0.29) is 96.2 Å². The van der Waals surface area contributed by atoms with Gasteiger partial charge in [0.05, 0.1) is 78.7 Å². The summed E-state index contributed by atoms with van der Waals surface area (Å²) in [7, 11) is 0. The fraction of sp³-hybridized carbons (Fsp3) is 0.778. The van der Waals surface area contributed by atoms with Gasteiger partial charge >= 0.3 is 0 Å². The lowest BCUT2D eigenvalue weighted by Crippen LogP contribution is -2.51. The molecule has 6 amide bonds. The number of rotatable bonds is 39. The molecular weight excluding hydrogens is 750 g/mol. The highest BCUT2D eigenvalue weighted by Gasteiger charge is 2.23. The molecule has 0 fully saturated rings. The molecule has 2 atom stereocenters. The van der Waals surface area contributed by atoms with Gasteiger partial charge in [-0.1, -0.05) is 20.4 Å². The van der Waals surface area contributed by atoms with E-state index in [1.165, 1.54) is 0 Å². The molecule has 0 aliphatic carbocycles. The Labute approximate surface area is 336 Å². The van der Waals surface area contributed by atoms with Crippen molar-refractivity contribution in [2.45, 2.75) is 70.9 Å². The van der Waals surface area contributed by atoms with E-state index >= 15 is 0 Å². The maximum Gasteiger partial charge on any atom is 0.259 e. The zero-order chi connectivity index (χ0) is 42.5.